The SMILES string of the molecule is COC(=O)[C@H](N)[C@H](C)n1c(=O)[nH]/c(=N\c2ccc(N3CCCCC3)cc2)n(Cc2ccc(C)cc2)c1=O. The predicted octanol–water partition coefficient (Wildman–Crippen LogP) is 1.98. The summed E-state index contributed by atoms with van der Waals surface area (Å²) in [6, 6.07) is 13.4. The van der Waals surface area contributed by atoms with Gasteiger partial charge < -0.3 is 15.4 Å². The summed E-state index contributed by atoms with van der Waals surface area (Å²) in [5.41, 5.74) is 8.42. The Morgan fingerprint density at radius 1 is 1.05 bits per heavy atom. The lowest BCUT2D eigenvalue weighted by Gasteiger charge is -2.28. The molecule has 0 saturated carbocycles. The van der Waals surface area contributed by atoms with Gasteiger partial charge in [-0.15, -0.1) is 0 Å². The molecule has 0 amide bonds. The molecular weight excluding hydrogens is 472 g/mol. The molecule has 1 aromatic heterocycles. The number of benzene rings is 2. The van der Waals surface area contributed by atoms with Crippen molar-refractivity contribution in [3.63, 3.8) is 0 Å². The lowest BCUT2D eigenvalue weighted by Crippen LogP contribution is -2.54. The molecule has 0 bridgehead atoms. The number of aromatic nitrogens is 3. The van der Waals surface area contributed by atoms with Crippen LogP contribution < -0.4 is 27.6 Å². The number of nitrogens with zero attached hydrogens (tertiary/aromatic N) is 4. The number of esters is 1. The van der Waals surface area contributed by atoms with Gasteiger partial charge in [0.2, 0.25) is 5.62 Å². The molecule has 0 radical (unpaired) electrons. The van der Waals surface area contributed by atoms with E-state index in [1.807, 2.05) is 55.5 Å². The van der Waals surface area contributed by atoms with Crippen LogP contribution in [0.5, 0.6) is 0 Å². The summed E-state index contributed by atoms with van der Waals surface area (Å²) >= 11 is 0. The van der Waals surface area contributed by atoms with E-state index in [-0.39, 0.29) is 12.2 Å². The smallest absolute Gasteiger partial charge is 0.335 e. The van der Waals surface area contributed by atoms with Crippen LogP contribution in [-0.4, -0.2) is 46.3 Å². The molecule has 1 fully saturated rings. The van der Waals surface area contributed by atoms with Crippen molar-refractivity contribution in [2.45, 2.75) is 51.7 Å². The number of hydrogen-bond donors (Lipinski definition) is 2. The summed E-state index contributed by atoms with van der Waals surface area (Å²) < 4.78 is 7.03. The van der Waals surface area contributed by atoms with Crippen LogP contribution in [0.4, 0.5) is 11.4 Å². The van der Waals surface area contributed by atoms with Gasteiger partial charge in [0.1, 0.15) is 6.04 Å². The first-order valence-corrected chi connectivity index (χ1v) is 12.5. The minimum atomic E-state index is -1.19. The number of ether oxygens (including phenoxy) is 1. The number of carbonyl (C=O) groups excluding carboxylic acids is 1. The zero-order valence-corrected chi connectivity index (χ0v) is 21.5. The largest absolute Gasteiger partial charge is 0.468 e. The predicted molar refractivity (Wildman–Crippen MR) is 142 cm³/mol. The molecule has 2 aromatic carbocycles. The molecule has 0 spiro atoms. The summed E-state index contributed by atoms with van der Waals surface area (Å²) in [6.45, 7) is 5.74. The molecule has 1 saturated heterocycles. The van der Waals surface area contributed by atoms with Crippen molar-refractivity contribution in [2.75, 3.05) is 25.1 Å². The molecule has 10 heteroatoms. The number of nitrogens with two attached hydrogens (primary N) is 1. The number of carbonyl (C=O) groups is 1. The molecule has 4 rings (SSSR count). The molecule has 3 N–H and O–H groups in total. The van der Waals surface area contributed by atoms with Crippen LogP contribution in [0.2, 0.25) is 0 Å². The van der Waals surface area contributed by atoms with Crippen molar-refractivity contribution in [2.24, 2.45) is 10.7 Å². The Hall–Kier alpha value is -3.92. The highest BCUT2D eigenvalue weighted by molar-refractivity contribution is 5.75. The summed E-state index contributed by atoms with van der Waals surface area (Å²) in [5.74, 6) is -0.716. The number of methoxy groups -OCH3 is 1. The van der Waals surface area contributed by atoms with Gasteiger partial charge in [-0.2, -0.15) is 0 Å². The van der Waals surface area contributed by atoms with Crippen molar-refractivity contribution in [3.8, 4) is 0 Å². The first-order valence-electron chi connectivity index (χ1n) is 12.5. The Labute approximate surface area is 215 Å². The maximum absolute atomic E-state index is 13.6. The topological polar surface area (TPSA) is 128 Å². The van der Waals surface area contributed by atoms with E-state index in [1.54, 1.807) is 0 Å². The van der Waals surface area contributed by atoms with E-state index in [0.29, 0.717) is 5.69 Å². The average Bonchev–Trinajstić information content (AvgIpc) is 2.91. The second-order valence-electron chi connectivity index (χ2n) is 9.44. The van der Waals surface area contributed by atoms with E-state index in [2.05, 4.69) is 14.9 Å². The van der Waals surface area contributed by atoms with Gasteiger partial charge in [0.15, 0.2) is 0 Å². The highest BCUT2D eigenvalue weighted by Crippen LogP contribution is 2.22. The van der Waals surface area contributed by atoms with Crippen LogP contribution >= 0.6 is 0 Å². The van der Waals surface area contributed by atoms with Gasteiger partial charge >= 0.3 is 17.3 Å². The molecular formula is C27H34N6O4. The van der Waals surface area contributed by atoms with Crippen molar-refractivity contribution in [3.05, 3.63) is 86.2 Å². The quantitative estimate of drug-likeness (QED) is 0.472. The average molecular weight is 507 g/mol. The molecule has 0 aliphatic carbocycles. The maximum Gasteiger partial charge on any atom is 0.335 e. The third-order valence-corrected chi connectivity index (χ3v) is 6.80. The lowest BCUT2D eigenvalue weighted by molar-refractivity contribution is -0.143. The van der Waals surface area contributed by atoms with Gasteiger partial charge in [0, 0.05) is 18.8 Å². The number of hydrogen-bond acceptors (Lipinski definition) is 7. The number of piperidine rings is 1. The van der Waals surface area contributed by atoms with Crippen LogP contribution in [0, 0.1) is 6.92 Å². The van der Waals surface area contributed by atoms with Crippen LogP contribution in [0.3, 0.4) is 0 Å². The normalized spacial score (nSPS) is 15.9. The minimum Gasteiger partial charge on any atom is -0.468 e. The number of nitrogens with one attached hydrogen (secondary N) is 1. The Bertz CT molecular complexity index is 1410. The fraction of sp³-hybridized carbons (Fsp3) is 0.407. The van der Waals surface area contributed by atoms with Crippen LogP contribution in [0.1, 0.15) is 43.4 Å². The molecule has 10 nitrogen and oxygen atoms in total. The monoisotopic (exact) mass is 506 g/mol. The number of H-pyrrole nitrogens is 1. The molecule has 2 heterocycles. The minimum absolute atomic E-state index is 0.108. The number of anilines is 1. The van der Waals surface area contributed by atoms with Gasteiger partial charge in [-0.3, -0.25) is 14.3 Å². The van der Waals surface area contributed by atoms with Crippen molar-refractivity contribution in [1.29, 1.82) is 0 Å². The molecule has 2 atom stereocenters. The molecule has 1 aliphatic heterocycles. The van der Waals surface area contributed by atoms with E-state index < -0.39 is 29.4 Å². The molecule has 196 valence electrons. The van der Waals surface area contributed by atoms with Crippen LogP contribution in [0.25, 0.3) is 0 Å². The highest BCUT2D eigenvalue weighted by Gasteiger charge is 2.26. The third kappa shape index (κ3) is 5.91. The van der Waals surface area contributed by atoms with E-state index in [4.69, 9.17) is 10.5 Å². The Balaban J connectivity index is 1.79. The highest BCUT2D eigenvalue weighted by atomic mass is 16.5. The second kappa shape index (κ2) is 11.4. The fourth-order valence-corrected chi connectivity index (χ4v) is 4.50. The molecule has 37 heavy (non-hydrogen) atoms. The first kappa shape index (κ1) is 26.2. The number of aryl methyl sites for hydroxylation is 1. The van der Waals surface area contributed by atoms with Crippen molar-refractivity contribution in [1.82, 2.24) is 14.1 Å². The van der Waals surface area contributed by atoms with E-state index in [9.17, 15) is 14.4 Å². The summed E-state index contributed by atoms with van der Waals surface area (Å²) in [7, 11) is 1.21. The Morgan fingerprint density at radius 2 is 1.70 bits per heavy atom. The second-order valence-corrected chi connectivity index (χ2v) is 9.44. The van der Waals surface area contributed by atoms with Gasteiger partial charge in [-0.25, -0.2) is 19.1 Å². The third-order valence-electron chi connectivity index (χ3n) is 6.80. The standard InChI is InChI=1S/C27H34N6O4/c1-18-7-9-20(10-8-18)17-32-25(29-21-11-13-22(14-12-21)31-15-5-4-6-16-31)30-26(35)33(27(32)36)19(2)23(28)24(34)37-3/h7-14,19,23H,4-6,15-17,28H2,1-3H3,(H,29,30,35)/t19-,23+/m0/s1. The molecule has 3 aromatic rings. The summed E-state index contributed by atoms with van der Waals surface area (Å²) in [6.07, 6.45) is 3.62. The number of aromatic amines is 1. The number of rotatable bonds is 7. The zero-order chi connectivity index (χ0) is 26.5. The van der Waals surface area contributed by atoms with E-state index in [0.717, 1.165) is 34.5 Å². The lowest BCUT2D eigenvalue weighted by atomic mass is 10.1. The van der Waals surface area contributed by atoms with Gasteiger partial charge in [-0.1, -0.05) is 29.8 Å². The fourth-order valence-electron chi connectivity index (χ4n) is 4.50. The molecule has 0 unspecified atom stereocenters. The zero-order valence-electron chi connectivity index (χ0n) is 21.5. The van der Waals surface area contributed by atoms with Gasteiger partial charge in [0.25, 0.3) is 0 Å². The van der Waals surface area contributed by atoms with E-state index >= 15 is 0 Å². The van der Waals surface area contributed by atoms with Crippen molar-refractivity contribution < 1.29 is 9.53 Å². The maximum atomic E-state index is 13.6. The van der Waals surface area contributed by atoms with Crippen LogP contribution in [-0.2, 0) is 16.1 Å². The Morgan fingerprint density at radius 3 is 2.32 bits per heavy atom. The van der Waals surface area contributed by atoms with Gasteiger partial charge in [0.05, 0.1) is 25.4 Å². The van der Waals surface area contributed by atoms with Crippen LogP contribution in [0.15, 0.2) is 63.1 Å². The first-order chi connectivity index (χ1) is 17.8. The molecule has 1 aliphatic rings. The van der Waals surface area contributed by atoms with Crippen molar-refractivity contribution >= 4 is 17.3 Å². The van der Waals surface area contributed by atoms with Gasteiger partial charge in [-0.05, 0) is 62.9 Å². The summed E-state index contributed by atoms with van der Waals surface area (Å²) in [5, 5.41) is 0. The Kier molecular flexibility index (Phi) is 8.08. The van der Waals surface area contributed by atoms with E-state index in [1.165, 1.54) is 37.9 Å². The summed E-state index contributed by atoms with van der Waals surface area (Å²) in [4.78, 5) is 48.3.